The number of benzene rings is 1. The Kier molecular flexibility index (Phi) is 4.29. The molecule has 2 aromatic rings. The number of rotatable bonds is 2. The third-order valence-electron chi connectivity index (χ3n) is 5.35. The molecule has 1 aromatic carbocycles. The number of carbonyl (C=O) groups excluding carboxylic acids is 1. The van der Waals surface area contributed by atoms with Gasteiger partial charge >= 0.3 is 6.18 Å². The number of amides is 1. The topological polar surface area (TPSA) is 67.2 Å². The summed E-state index contributed by atoms with van der Waals surface area (Å²) in [6.07, 6.45) is -2.59. The molecule has 2 aliphatic rings. The molecule has 1 atom stereocenters. The minimum absolute atomic E-state index is 0.0758. The van der Waals surface area contributed by atoms with E-state index in [0.29, 0.717) is 47.7 Å². The summed E-state index contributed by atoms with van der Waals surface area (Å²) in [7, 11) is 0. The van der Waals surface area contributed by atoms with Crippen molar-refractivity contribution in [3.05, 3.63) is 47.4 Å². The van der Waals surface area contributed by atoms with E-state index in [1.807, 2.05) is 13.8 Å². The number of aromatic nitrogens is 2. The summed E-state index contributed by atoms with van der Waals surface area (Å²) in [4.78, 5) is 26.2. The summed E-state index contributed by atoms with van der Waals surface area (Å²) >= 11 is 0. The first-order chi connectivity index (χ1) is 13.5. The SMILES string of the molecule is Cc1cc(-c2ccc(C(F)(F)F)cc2)nc(C2=N[C@]3(CC2)CC(C)(C)NC3=O)n1. The van der Waals surface area contributed by atoms with Gasteiger partial charge in [-0.25, -0.2) is 9.97 Å². The predicted molar refractivity (Wildman–Crippen MR) is 103 cm³/mol. The molecular formula is C21H21F3N4O. The molecule has 8 heteroatoms. The van der Waals surface area contributed by atoms with Gasteiger partial charge in [0, 0.05) is 23.2 Å². The molecule has 1 spiro atoms. The van der Waals surface area contributed by atoms with Crippen molar-refractivity contribution in [2.45, 2.75) is 57.3 Å². The van der Waals surface area contributed by atoms with Crippen molar-refractivity contribution in [2.75, 3.05) is 0 Å². The Morgan fingerprint density at radius 1 is 1.10 bits per heavy atom. The second kappa shape index (κ2) is 6.37. The van der Waals surface area contributed by atoms with E-state index in [4.69, 9.17) is 4.99 Å². The lowest BCUT2D eigenvalue weighted by atomic mass is 9.88. The van der Waals surface area contributed by atoms with Crippen molar-refractivity contribution in [1.82, 2.24) is 15.3 Å². The van der Waals surface area contributed by atoms with Crippen molar-refractivity contribution in [2.24, 2.45) is 4.99 Å². The van der Waals surface area contributed by atoms with Crippen LogP contribution in [0, 0.1) is 6.92 Å². The Balaban J connectivity index is 1.68. The second-order valence-electron chi connectivity index (χ2n) is 8.40. The summed E-state index contributed by atoms with van der Waals surface area (Å²) in [6.45, 7) is 5.74. The van der Waals surface area contributed by atoms with Crippen LogP contribution < -0.4 is 5.32 Å². The van der Waals surface area contributed by atoms with E-state index in [1.54, 1.807) is 13.0 Å². The van der Waals surface area contributed by atoms with Crippen molar-refractivity contribution in [3.8, 4) is 11.3 Å². The Morgan fingerprint density at radius 2 is 1.79 bits per heavy atom. The molecule has 4 rings (SSSR count). The quantitative estimate of drug-likeness (QED) is 0.823. The van der Waals surface area contributed by atoms with Crippen LogP contribution >= 0.6 is 0 Å². The van der Waals surface area contributed by atoms with Gasteiger partial charge in [-0.3, -0.25) is 9.79 Å². The Bertz CT molecular complexity index is 1010. The van der Waals surface area contributed by atoms with E-state index >= 15 is 0 Å². The van der Waals surface area contributed by atoms with Crippen LogP contribution in [0.5, 0.6) is 0 Å². The maximum absolute atomic E-state index is 12.8. The standard InChI is InChI=1S/C21H21F3N4O/c1-12-10-16(13-4-6-14(7-5-13)21(22,23)24)26-17(25-12)15-8-9-20(27-15)11-19(2,3)28-18(20)29/h4-7,10H,8-9,11H2,1-3H3,(H,28,29)/t20-/m1/s1. The molecular weight excluding hydrogens is 381 g/mol. The monoisotopic (exact) mass is 402 g/mol. The summed E-state index contributed by atoms with van der Waals surface area (Å²) < 4.78 is 38.4. The van der Waals surface area contributed by atoms with E-state index in [-0.39, 0.29) is 11.4 Å². The minimum atomic E-state index is -4.38. The minimum Gasteiger partial charge on any atom is -0.349 e. The fraction of sp³-hybridized carbons (Fsp3) is 0.429. The normalized spacial score (nSPS) is 23.4. The average Bonchev–Trinajstić information content (AvgIpc) is 3.14. The summed E-state index contributed by atoms with van der Waals surface area (Å²) in [6, 6.07) is 6.61. The smallest absolute Gasteiger partial charge is 0.349 e. The summed E-state index contributed by atoms with van der Waals surface area (Å²) in [5.41, 5.74) is 0.651. The molecule has 1 fully saturated rings. The second-order valence-corrected chi connectivity index (χ2v) is 8.40. The number of alkyl halides is 3. The van der Waals surface area contributed by atoms with Crippen LogP contribution in [0.15, 0.2) is 35.3 Å². The zero-order valence-electron chi connectivity index (χ0n) is 16.4. The molecule has 1 amide bonds. The van der Waals surface area contributed by atoms with Crippen LogP contribution in [0.25, 0.3) is 11.3 Å². The first-order valence-electron chi connectivity index (χ1n) is 9.43. The lowest BCUT2D eigenvalue weighted by Crippen LogP contribution is -2.36. The highest BCUT2D eigenvalue weighted by Gasteiger charge is 2.52. The van der Waals surface area contributed by atoms with Crippen molar-refractivity contribution in [1.29, 1.82) is 0 Å². The van der Waals surface area contributed by atoms with E-state index in [2.05, 4.69) is 15.3 Å². The van der Waals surface area contributed by atoms with Gasteiger partial charge in [-0.05, 0) is 51.8 Å². The molecule has 5 nitrogen and oxygen atoms in total. The summed E-state index contributed by atoms with van der Waals surface area (Å²) in [5.74, 6) is 0.349. The van der Waals surface area contributed by atoms with Gasteiger partial charge in [0.25, 0.3) is 0 Å². The van der Waals surface area contributed by atoms with Gasteiger partial charge in [0.15, 0.2) is 5.82 Å². The van der Waals surface area contributed by atoms with Crippen molar-refractivity contribution < 1.29 is 18.0 Å². The molecule has 0 unspecified atom stereocenters. The molecule has 0 aliphatic carbocycles. The maximum Gasteiger partial charge on any atom is 0.416 e. The Morgan fingerprint density at radius 3 is 2.38 bits per heavy atom. The van der Waals surface area contributed by atoms with E-state index < -0.39 is 17.3 Å². The van der Waals surface area contributed by atoms with Gasteiger partial charge in [-0.1, -0.05) is 12.1 Å². The van der Waals surface area contributed by atoms with Crippen LogP contribution in [-0.4, -0.2) is 32.7 Å². The first kappa shape index (κ1) is 19.5. The highest BCUT2D eigenvalue weighted by atomic mass is 19.4. The molecule has 0 saturated carbocycles. The fourth-order valence-corrected chi connectivity index (χ4v) is 4.10. The number of aliphatic imine (C=N–C) groups is 1. The Labute approximate surface area is 166 Å². The molecule has 1 saturated heterocycles. The van der Waals surface area contributed by atoms with Gasteiger partial charge in [0.1, 0.15) is 5.54 Å². The molecule has 3 heterocycles. The van der Waals surface area contributed by atoms with Gasteiger partial charge in [-0.15, -0.1) is 0 Å². The fourth-order valence-electron chi connectivity index (χ4n) is 4.10. The Hall–Kier alpha value is -2.77. The van der Waals surface area contributed by atoms with Crippen LogP contribution in [0.2, 0.25) is 0 Å². The lowest BCUT2D eigenvalue weighted by molar-refractivity contribution is -0.137. The molecule has 1 N–H and O–H groups in total. The molecule has 0 bridgehead atoms. The highest BCUT2D eigenvalue weighted by Crippen LogP contribution is 2.40. The van der Waals surface area contributed by atoms with Gasteiger partial charge in [-0.2, -0.15) is 13.2 Å². The number of nitrogens with one attached hydrogen (secondary N) is 1. The zero-order valence-corrected chi connectivity index (χ0v) is 16.4. The third kappa shape index (κ3) is 3.63. The molecule has 2 aliphatic heterocycles. The number of hydrogen-bond donors (Lipinski definition) is 1. The number of carbonyl (C=O) groups is 1. The zero-order chi connectivity index (χ0) is 21.0. The van der Waals surface area contributed by atoms with Crippen molar-refractivity contribution in [3.63, 3.8) is 0 Å². The van der Waals surface area contributed by atoms with Gasteiger partial charge in [0.05, 0.1) is 17.0 Å². The van der Waals surface area contributed by atoms with E-state index in [0.717, 1.165) is 12.1 Å². The average molecular weight is 402 g/mol. The highest BCUT2D eigenvalue weighted by molar-refractivity contribution is 6.04. The molecule has 0 radical (unpaired) electrons. The van der Waals surface area contributed by atoms with E-state index in [9.17, 15) is 18.0 Å². The number of halogens is 3. The van der Waals surface area contributed by atoms with Gasteiger partial charge in [0.2, 0.25) is 5.91 Å². The first-order valence-corrected chi connectivity index (χ1v) is 9.43. The number of hydrogen-bond acceptors (Lipinski definition) is 4. The van der Waals surface area contributed by atoms with Gasteiger partial charge < -0.3 is 5.32 Å². The van der Waals surface area contributed by atoms with Crippen LogP contribution in [0.4, 0.5) is 13.2 Å². The molecule has 1 aromatic heterocycles. The van der Waals surface area contributed by atoms with Crippen LogP contribution in [-0.2, 0) is 11.0 Å². The lowest BCUT2D eigenvalue weighted by Gasteiger charge is -2.18. The van der Waals surface area contributed by atoms with Crippen LogP contribution in [0.1, 0.15) is 50.2 Å². The van der Waals surface area contributed by atoms with E-state index in [1.165, 1.54) is 12.1 Å². The number of aryl methyl sites for hydroxylation is 1. The van der Waals surface area contributed by atoms with Crippen molar-refractivity contribution >= 4 is 11.6 Å². The summed E-state index contributed by atoms with van der Waals surface area (Å²) in [5, 5.41) is 2.99. The largest absolute Gasteiger partial charge is 0.416 e. The predicted octanol–water partition coefficient (Wildman–Crippen LogP) is 4.09. The third-order valence-corrected chi connectivity index (χ3v) is 5.35. The number of nitrogens with zero attached hydrogens (tertiary/aromatic N) is 3. The molecule has 29 heavy (non-hydrogen) atoms. The maximum atomic E-state index is 12.8. The molecule has 152 valence electrons. The van der Waals surface area contributed by atoms with Crippen LogP contribution in [0.3, 0.4) is 0 Å².